The lowest BCUT2D eigenvalue weighted by Crippen LogP contribution is -2.51. The number of carbonyl (C=O) groups excluding carboxylic acids is 1. The van der Waals surface area contributed by atoms with E-state index in [2.05, 4.69) is 4.90 Å². The van der Waals surface area contributed by atoms with E-state index in [1.54, 1.807) is 6.07 Å². The van der Waals surface area contributed by atoms with Gasteiger partial charge in [0.05, 0.1) is 0 Å². The number of piperidine rings is 2. The summed E-state index contributed by atoms with van der Waals surface area (Å²) in [6, 6.07) is 6.05. The van der Waals surface area contributed by atoms with Crippen molar-refractivity contribution in [3.63, 3.8) is 0 Å². The molecular formula is C20H28N2O4. The number of hydrogen-bond donors (Lipinski definition) is 0. The van der Waals surface area contributed by atoms with Gasteiger partial charge in [-0.3, -0.25) is 4.79 Å². The quantitative estimate of drug-likeness (QED) is 0.808. The van der Waals surface area contributed by atoms with Crippen LogP contribution in [-0.4, -0.2) is 61.8 Å². The molecule has 0 bridgehead atoms. The lowest BCUT2D eigenvalue weighted by molar-refractivity contribution is -0.133. The van der Waals surface area contributed by atoms with Crippen molar-refractivity contribution in [3.05, 3.63) is 18.2 Å². The number of nitrogens with zero attached hydrogens (tertiary/aromatic N) is 2. The Morgan fingerprint density at radius 3 is 2.96 bits per heavy atom. The Morgan fingerprint density at radius 2 is 2.04 bits per heavy atom. The minimum atomic E-state index is 0.0237. The number of benzene rings is 1. The number of ether oxygens (including phenoxy) is 3. The highest BCUT2D eigenvalue weighted by atomic mass is 16.7. The van der Waals surface area contributed by atoms with Crippen molar-refractivity contribution in [2.24, 2.45) is 5.92 Å². The Kier molecular flexibility index (Phi) is 5.20. The van der Waals surface area contributed by atoms with Crippen molar-refractivity contribution in [2.45, 2.75) is 38.1 Å². The predicted octanol–water partition coefficient (Wildman–Crippen LogP) is 2.52. The molecule has 3 aliphatic heterocycles. The van der Waals surface area contributed by atoms with Crippen LogP contribution in [0.25, 0.3) is 0 Å². The average Bonchev–Trinajstić information content (AvgIpc) is 3.14. The molecule has 1 amide bonds. The second-order valence-corrected chi connectivity index (χ2v) is 7.58. The molecule has 2 saturated heterocycles. The van der Waals surface area contributed by atoms with Gasteiger partial charge in [-0.05, 0) is 56.8 Å². The van der Waals surface area contributed by atoms with E-state index in [1.807, 2.05) is 24.1 Å². The van der Waals surface area contributed by atoms with Gasteiger partial charge < -0.3 is 24.0 Å². The van der Waals surface area contributed by atoms with Crippen molar-refractivity contribution in [2.75, 3.05) is 40.1 Å². The monoisotopic (exact) mass is 360 g/mol. The van der Waals surface area contributed by atoms with E-state index in [1.165, 1.54) is 45.2 Å². The third-order valence-electron chi connectivity index (χ3n) is 5.87. The van der Waals surface area contributed by atoms with Crippen molar-refractivity contribution in [3.8, 4) is 17.2 Å². The van der Waals surface area contributed by atoms with E-state index in [-0.39, 0.29) is 19.3 Å². The molecule has 4 rings (SSSR count). The van der Waals surface area contributed by atoms with Crippen LogP contribution in [0.3, 0.4) is 0 Å². The zero-order valence-electron chi connectivity index (χ0n) is 15.5. The second kappa shape index (κ2) is 7.74. The lowest BCUT2D eigenvalue weighted by Gasteiger charge is -2.45. The molecule has 3 heterocycles. The SMILES string of the molecule is CN(C[C@@H]1CCCN2CCCC[C@H]12)C(=O)COc1ccc2c(c1)OCO2. The predicted molar refractivity (Wildman–Crippen MR) is 97.6 cm³/mol. The molecule has 3 aliphatic rings. The molecule has 6 nitrogen and oxygen atoms in total. The third-order valence-corrected chi connectivity index (χ3v) is 5.87. The smallest absolute Gasteiger partial charge is 0.260 e. The van der Waals surface area contributed by atoms with Crippen molar-refractivity contribution < 1.29 is 19.0 Å². The normalized spacial score (nSPS) is 24.8. The Labute approximate surface area is 155 Å². The van der Waals surface area contributed by atoms with E-state index in [0.717, 1.165) is 12.3 Å². The molecule has 142 valence electrons. The summed E-state index contributed by atoms with van der Waals surface area (Å²) in [5, 5.41) is 0. The van der Waals surface area contributed by atoms with Gasteiger partial charge in [0.2, 0.25) is 6.79 Å². The molecule has 2 atom stereocenters. The van der Waals surface area contributed by atoms with E-state index in [4.69, 9.17) is 14.2 Å². The fourth-order valence-corrected chi connectivity index (χ4v) is 4.47. The molecule has 1 aromatic rings. The second-order valence-electron chi connectivity index (χ2n) is 7.58. The molecule has 0 unspecified atom stereocenters. The third kappa shape index (κ3) is 3.75. The highest BCUT2D eigenvalue weighted by Crippen LogP contribution is 2.35. The van der Waals surface area contributed by atoms with Crippen LogP contribution in [0.5, 0.6) is 17.2 Å². The summed E-state index contributed by atoms with van der Waals surface area (Å²) in [6.45, 7) is 3.57. The number of likely N-dealkylation sites (N-methyl/N-ethyl adjacent to an activating group) is 1. The molecule has 0 radical (unpaired) electrons. The first-order chi connectivity index (χ1) is 12.7. The zero-order valence-corrected chi connectivity index (χ0v) is 15.5. The first-order valence-corrected chi connectivity index (χ1v) is 9.71. The van der Waals surface area contributed by atoms with Crippen LogP contribution in [0.1, 0.15) is 32.1 Å². The molecule has 1 aromatic carbocycles. The minimum Gasteiger partial charge on any atom is -0.484 e. The maximum absolute atomic E-state index is 12.5. The van der Waals surface area contributed by atoms with Crippen LogP contribution in [-0.2, 0) is 4.79 Å². The average molecular weight is 360 g/mol. The van der Waals surface area contributed by atoms with Crippen LogP contribution in [0.2, 0.25) is 0 Å². The van der Waals surface area contributed by atoms with Gasteiger partial charge in [-0.2, -0.15) is 0 Å². The molecule has 26 heavy (non-hydrogen) atoms. The molecule has 0 spiro atoms. The zero-order chi connectivity index (χ0) is 17.9. The van der Waals surface area contributed by atoms with E-state index in [0.29, 0.717) is 23.5 Å². The summed E-state index contributed by atoms with van der Waals surface area (Å²) >= 11 is 0. The van der Waals surface area contributed by atoms with Gasteiger partial charge in [0, 0.05) is 25.7 Å². The minimum absolute atomic E-state index is 0.0237. The van der Waals surface area contributed by atoms with Gasteiger partial charge in [0.1, 0.15) is 5.75 Å². The van der Waals surface area contributed by atoms with Gasteiger partial charge in [0.25, 0.3) is 5.91 Å². The van der Waals surface area contributed by atoms with Gasteiger partial charge in [-0.1, -0.05) is 6.42 Å². The standard InChI is InChI=1S/C20H28N2O4/c1-21(12-15-5-4-10-22-9-3-2-6-17(15)22)20(23)13-24-16-7-8-18-19(11-16)26-14-25-18/h7-8,11,15,17H,2-6,9-10,12-14H2,1H3/t15-,17+/m0/s1. The highest BCUT2D eigenvalue weighted by Gasteiger charge is 2.34. The summed E-state index contributed by atoms with van der Waals surface area (Å²) in [6.07, 6.45) is 6.39. The number of rotatable bonds is 5. The molecule has 0 aliphatic carbocycles. The Hall–Kier alpha value is -1.95. The topological polar surface area (TPSA) is 51.2 Å². The van der Waals surface area contributed by atoms with Crippen molar-refractivity contribution in [1.29, 1.82) is 0 Å². The Bertz CT molecular complexity index is 649. The molecule has 6 heteroatoms. The van der Waals surface area contributed by atoms with Crippen molar-refractivity contribution in [1.82, 2.24) is 9.80 Å². The fourth-order valence-electron chi connectivity index (χ4n) is 4.47. The number of carbonyl (C=O) groups is 1. The number of fused-ring (bicyclic) bond motifs is 2. The van der Waals surface area contributed by atoms with E-state index in [9.17, 15) is 4.79 Å². The van der Waals surface area contributed by atoms with Gasteiger partial charge in [0.15, 0.2) is 18.1 Å². The van der Waals surface area contributed by atoms with E-state index >= 15 is 0 Å². The fraction of sp³-hybridized carbons (Fsp3) is 0.650. The Morgan fingerprint density at radius 1 is 1.19 bits per heavy atom. The number of hydrogen-bond acceptors (Lipinski definition) is 5. The van der Waals surface area contributed by atoms with Gasteiger partial charge in [-0.25, -0.2) is 0 Å². The molecular weight excluding hydrogens is 332 g/mol. The van der Waals surface area contributed by atoms with Crippen LogP contribution in [0, 0.1) is 5.92 Å². The largest absolute Gasteiger partial charge is 0.484 e. The maximum Gasteiger partial charge on any atom is 0.260 e. The number of amides is 1. The van der Waals surface area contributed by atoms with Gasteiger partial charge in [-0.15, -0.1) is 0 Å². The van der Waals surface area contributed by atoms with E-state index < -0.39 is 0 Å². The van der Waals surface area contributed by atoms with Crippen LogP contribution < -0.4 is 14.2 Å². The van der Waals surface area contributed by atoms with Crippen molar-refractivity contribution >= 4 is 5.91 Å². The van der Waals surface area contributed by atoms with Crippen LogP contribution in [0.15, 0.2) is 18.2 Å². The summed E-state index contributed by atoms with van der Waals surface area (Å²) < 4.78 is 16.3. The van der Waals surface area contributed by atoms with Crippen LogP contribution in [0.4, 0.5) is 0 Å². The summed E-state index contributed by atoms with van der Waals surface area (Å²) in [7, 11) is 1.90. The Balaban J connectivity index is 1.29. The first kappa shape index (κ1) is 17.5. The highest BCUT2D eigenvalue weighted by molar-refractivity contribution is 5.77. The summed E-state index contributed by atoms with van der Waals surface area (Å²) in [5.41, 5.74) is 0. The first-order valence-electron chi connectivity index (χ1n) is 9.71. The molecule has 0 N–H and O–H groups in total. The summed E-state index contributed by atoms with van der Waals surface area (Å²) in [5.74, 6) is 2.63. The maximum atomic E-state index is 12.5. The van der Waals surface area contributed by atoms with Gasteiger partial charge >= 0.3 is 0 Å². The summed E-state index contributed by atoms with van der Waals surface area (Å²) in [4.78, 5) is 17.0. The molecule has 2 fully saturated rings. The van der Waals surface area contributed by atoms with Crippen LogP contribution >= 0.6 is 0 Å². The molecule has 0 aromatic heterocycles. The lowest BCUT2D eigenvalue weighted by atomic mass is 9.83. The molecule has 0 saturated carbocycles.